The monoisotopic (exact) mass is 913 g/mol. The van der Waals surface area contributed by atoms with Crippen molar-refractivity contribution >= 4 is 17.7 Å². The molecule has 3 aromatic heterocycles. The van der Waals surface area contributed by atoms with Crippen LogP contribution in [-0.2, 0) is 52.9 Å². The van der Waals surface area contributed by atoms with E-state index in [0.29, 0.717) is 42.5 Å². The first-order valence-electron chi connectivity index (χ1n) is 22.8. The van der Waals surface area contributed by atoms with Crippen molar-refractivity contribution in [1.29, 1.82) is 0 Å². The Labute approximate surface area is 388 Å². The molecule has 17 nitrogen and oxygen atoms in total. The summed E-state index contributed by atoms with van der Waals surface area (Å²) in [5.74, 6) is 2.18. The van der Waals surface area contributed by atoms with Gasteiger partial charge in [0.25, 0.3) is 0 Å². The van der Waals surface area contributed by atoms with Gasteiger partial charge in [-0.05, 0) is 110 Å². The van der Waals surface area contributed by atoms with E-state index in [2.05, 4.69) is 62.7 Å². The third-order valence-corrected chi connectivity index (χ3v) is 10.7. The summed E-state index contributed by atoms with van der Waals surface area (Å²) in [4.78, 5) is 29.7. The summed E-state index contributed by atoms with van der Waals surface area (Å²) in [6.07, 6.45) is 2.55. The van der Waals surface area contributed by atoms with Crippen LogP contribution in [-0.4, -0.2) is 156 Å². The van der Waals surface area contributed by atoms with Gasteiger partial charge in [0.15, 0.2) is 0 Å². The molecule has 0 bridgehead atoms. The van der Waals surface area contributed by atoms with Crippen LogP contribution in [0.5, 0.6) is 0 Å². The molecule has 0 radical (unpaired) electrons. The van der Waals surface area contributed by atoms with E-state index in [4.69, 9.17) is 43.9 Å². The number of nitrogens with one attached hydrogen (secondary N) is 2. The van der Waals surface area contributed by atoms with Crippen molar-refractivity contribution in [2.45, 2.75) is 96.9 Å². The van der Waals surface area contributed by atoms with E-state index >= 15 is 0 Å². The molecule has 3 aliphatic rings. The number of carbonyl (C=O) groups excluding carboxylic acids is 1. The molecule has 0 saturated carbocycles. The average molecular weight is 913 g/mol. The number of anilines is 2. The van der Waals surface area contributed by atoms with Crippen LogP contribution in [0.1, 0.15) is 104 Å². The number of hydrogen-bond donors (Lipinski definition) is 4. The van der Waals surface area contributed by atoms with E-state index in [1.165, 1.54) is 16.8 Å². The van der Waals surface area contributed by atoms with E-state index in [0.717, 1.165) is 115 Å². The fourth-order valence-electron chi connectivity index (χ4n) is 7.34. The predicted octanol–water partition coefficient (Wildman–Crippen LogP) is 5.84. The van der Waals surface area contributed by atoms with Gasteiger partial charge in [-0.3, -0.25) is 25.4 Å². The maximum Gasteiger partial charge on any atom is 0.413 e. The van der Waals surface area contributed by atoms with Crippen molar-refractivity contribution in [3.8, 4) is 0 Å². The minimum absolute atomic E-state index is 0.171. The Balaban J connectivity index is 0.000000244. The Hall–Kier alpha value is -3.88. The van der Waals surface area contributed by atoms with E-state index in [1.807, 2.05) is 33.0 Å². The van der Waals surface area contributed by atoms with Gasteiger partial charge < -0.3 is 44.0 Å². The molecule has 6 heterocycles. The van der Waals surface area contributed by atoms with Crippen molar-refractivity contribution in [2.75, 3.05) is 126 Å². The molecule has 3 atom stereocenters. The highest BCUT2D eigenvalue weighted by Gasteiger charge is 2.25. The fraction of sp³-hybridized carbons (Fsp3) is 0.667. The van der Waals surface area contributed by atoms with Crippen molar-refractivity contribution in [3.63, 3.8) is 0 Å². The Bertz CT molecular complexity index is 1700. The Morgan fingerprint density at radius 1 is 0.785 bits per heavy atom. The highest BCUT2D eigenvalue weighted by molar-refractivity contribution is 5.83. The molecule has 0 spiro atoms. The predicted molar refractivity (Wildman–Crippen MR) is 254 cm³/mol. The number of aliphatic hydroxyl groups is 1. The summed E-state index contributed by atoms with van der Waals surface area (Å²) in [5, 5.41) is 14.9. The molecule has 1 amide bonds. The molecule has 6 rings (SSSR count). The fourth-order valence-corrected chi connectivity index (χ4v) is 7.34. The standard InChI is InChI=1S/C15H22N2O4.C15H24N2O2.C14H23N3O2.C4H11NO/c1-15(2,3)21-14(19)17-13-5-4-11(12(8-18)16-13)10-6-7-20-9-10;1-12-4-5-14(13-6-8-19-11-13)15(16-12)10-17(2)7-9-18-3;1-17(6-8-18-2)9-13-12(3-4-14(15)16-13)11-5-7-19-10-11;1-3-6-4-5-2/h4-5,10,18H,6-9H2,1-3H3,(H,16,17,19);4-5,13H,6-11H2,1-3H3;3-4,11H,5-10H2,1-2H3,(H2,15,16);5H,3-4H2,1-2H3. The molecule has 65 heavy (non-hydrogen) atoms. The number of carbonyl (C=O) groups is 1. The summed E-state index contributed by atoms with van der Waals surface area (Å²) in [7, 11) is 9.49. The van der Waals surface area contributed by atoms with E-state index in [9.17, 15) is 9.90 Å². The van der Waals surface area contributed by atoms with Crippen LogP contribution in [0.3, 0.4) is 0 Å². The largest absolute Gasteiger partial charge is 0.444 e. The van der Waals surface area contributed by atoms with Crippen LogP contribution in [0, 0.1) is 6.92 Å². The Morgan fingerprint density at radius 3 is 1.71 bits per heavy atom. The number of hydrogen-bond acceptors (Lipinski definition) is 16. The van der Waals surface area contributed by atoms with Crippen LogP contribution in [0.4, 0.5) is 16.4 Å². The zero-order chi connectivity index (χ0) is 47.6. The molecule has 17 heteroatoms. The zero-order valence-corrected chi connectivity index (χ0v) is 41.0. The van der Waals surface area contributed by atoms with Crippen molar-refractivity contribution in [1.82, 2.24) is 30.1 Å². The van der Waals surface area contributed by atoms with E-state index in [1.54, 1.807) is 41.1 Å². The van der Waals surface area contributed by atoms with Crippen LogP contribution >= 0.6 is 0 Å². The SMILES string of the molecule is CC(C)(C)OC(=O)Nc1ccc(C2CCOC2)c(CO)n1.CCOCNC.COCCN(C)Cc1nc(C)ccc1C1CCOC1.COCCN(C)Cc1nc(N)ccc1C1CCOC1. The normalized spacial score (nSPS) is 18.1. The zero-order valence-electron chi connectivity index (χ0n) is 41.0. The number of aliphatic hydroxyl groups excluding tert-OH is 1. The lowest BCUT2D eigenvalue weighted by molar-refractivity contribution is 0.0635. The van der Waals surface area contributed by atoms with E-state index < -0.39 is 11.7 Å². The van der Waals surface area contributed by atoms with Gasteiger partial charge in [0.1, 0.15) is 17.2 Å². The maximum absolute atomic E-state index is 11.7. The number of methoxy groups -OCH3 is 2. The molecule has 5 N–H and O–H groups in total. The number of aromatic nitrogens is 3. The summed E-state index contributed by atoms with van der Waals surface area (Å²) >= 11 is 0. The molecular weight excluding hydrogens is 833 g/mol. The van der Waals surface area contributed by atoms with Gasteiger partial charge in [0.05, 0.1) is 63.5 Å². The van der Waals surface area contributed by atoms with Gasteiger partial charge in [0, 0.05) is 90.3 Å². The molecule has 3 unspecified atom stereocenters. The number of nitrogen functional groups attached to an aromatic ring is 1. The van der Waals surface area contributed by atoms with Gasteiger partial charge in [-0.15, -0.1) is 0 Å². The molecule has 366 valence electrons. The number of ether oxygens (including phenoxy) is 7. The lowest BCUT2D eigenvalue weighted by Gasteiger charge is -2.20. The summed E-state index contributed by atoms with van der Waals surface area (Å²) < 4.78 is 36.6. The van der Waals surface area contributed by atoms with Crippen molar-refractivity contribution in [2.24, 2.45) is 0 Å². The first-order valence-corrected chi connectivity index (χ1v) is 22.8. The van der Waals surface area contributed by atoms with Crippen LogP contribution in [0.2, 0.25) is 0 Å². The lowest BCUT2D eigenvalue weighted by atomic mass is 9.96. The molecule has 3 aromatic rings. The second-order valence-electron chi connectivity index (χ2n) is 17.4. The summed E-state index contributed by atoms with van der Waals surface area (Å²) in [6.45, 7) is 20.3. The number of rotatable bonds is 18. The number of nitrogens with zero attached hydrogens (tertiary/aromatic N) is 5. The Morgan fingerprint density at radius 2 is 1.28 bits per heavy atom. The smallest absolute Gasteiger partial charge is 0.413 e. The Kier molecular flexibility index (Phi) is 25.9. The molecule has 0 aromatic carbocycles. The minimum Gasteiger partial charge on any atom is -0.444 e. The number of aryl methyl sites for hydroxylation is 1. The van der Waals surface area contributed by atoms with Crippen molar-refractivity contribution < 1.29 is 43.1 Å². The number of nitrogens with two attached hydrogens (primary N) is 1. The van der Waals surface area contributed by atoms with Crippen LogP contribution in [0.15, 0.2) is 36.4 Å². The van der Waals surface area contributed by atoms with Gasteiger partial charge in [0.2, 0.25) is 0 Å². The summed E-state index contributed by atoms with van der Waals surface area (Å²) in [5.41, 5.74) is 12.8. The van der Waals surface area contributed by atoms with Gasteiger partial charge >= 0.3 is 6.09 Å². The number of pyridine rings is 3. The van der Waals surface area contributed by atoms with Gasteiger partial charge in [-0.2, -0.15) is 0 Å². The topological polar surface area (TPSA) is 197 Å². The van der Waals surface area contributed by atoms with Crippen molar-refractivity contribution in [3.05, 3.63) is 75.9 Å². The minimum atomic E-state index is -0.564. The molecule has 0 aliphatic carbocycles. The van der Waals surface area contributed by atoms with E-state index in [-0.39, 0.29) is 12.5 Å². The highest BCUT2D eigenvalue weighted by atomic mass is 16.6. The number of likely N-dealkylation sites (N-methyl/N-ethyl adjacent to an activating group) is 2. The average Bonchev–Trinajstić information content (AvgIpc) is 4.10. The third-order valence-electron chi connectivity index (χ3n) is 10.7. The number of amides is 1. The molecule has 3 fully saturated rings. The second kappa shape index (κ2) is 30.4. The quantitative estimate of drug-likeness (QED) is 0.0876. The summed E-state index contributed by atoms with van der Waals surface area (Å²) in [6, 6.07) is 11.9. The molecule has 3 aliphatic heterocycles. The van der Waals surface area contributed by atoms with Crippen LogP contribution in [0.25, 0.3) is 0 Å². The third kappa shape index (κ3) is 21.1. The first-order chi connectivity index (χ1) is 31.2. The lowest BCUT2D eigenvalue weighted by Crippen LogP contribution is -2.27. The first kappa shape index (κ1) is 55.4. The molecule has 3 saturated heterocycles. The van der Waals surface area contributed by atoms with Gasteiger partial charge in [-0.25, -0.2) is 14.8 Å². The second-order valence-corrected chi connectivity index (χ2v) is 17.4. The van der Waals surface area contributed by atoms with Crippen LogP contribution < -0.4 is 16.4 Å². The highest BCUT2D eigenvalue weighted by Crippen LogP contribution is 2.30. The van der Waals surface area contributed by atoms with Gasteiger partial charge in [-0.1, -0.05) is 18.2 Å². The maximum atomic E-state index is 11.7. The molecular formula is C48H80N8O9.